The van der Waals surface area contributed by atoms with Crippen LogP contribution in [-0.4, -0.2) is 41.1 Å². The molecule has 0 unspecified atom stereocenters. The van der Waals surface area contributed by atoms with Gasteiger partial charge in [-0.25, -0.2) is 4.98 Å². The number of rotatable bonds is 7. The molecule has 0 spiro atoms. The average Bonchev–Trinajstić information content (AvgIpc) is 3.28. The number of carbonyl (C=O) groups excluding carboxylic acids is 2. The lowest BCUT2D eigenvalue weighted by atomic mass is 10.1. The first-order chi connectivity index (χ1) is 12.1. The molecule has 25 heavy (non-hydrogen) atoms. The van der Waals surface area contributed by atoms with Crippen molar-refractivity contribution in [2.24, 2.45) is 0 Å². The Morgan fingerprint density at radius 2 is 2.12 bits per heavy atom. The van der Waals surface area contributed by atoms with E-state index in [9.17, 15) is 9.59 Å². The van der Waals surface area contributed by atoms with Crippen LogP contribution < -0.4 is 16.0 Å². The third-order valence-electron chi connectivity index (χ3n) is 3.78. The molecule has 3 rings (SSSR count). The second kappa shape index (κ2) is 7.62. The van der Waals surface area contributed by atoms with Gasteiger partial charge in [-0.15, -0.1) is 0 Å². The molecule has 0 bridgehead atoms. The van der Waals surface area contributed by atoms with Crippen LogP contribution in [0.15, 0.2) is 24.4 Å². The summed E-state index contributed by atoms with van der Waals surface area (Å²) in [4.78, 5) is 29.1. The van der Waals surface area contributed by atoms with Gasteiger partial charge >= 0.3 is 0 Å². The number of aromatic nitrogens is 1. The molecular weight excluding hydrogens is 340 g/mol. The van der Waals surface area contributed by atoms with Crippen LogP contribution in [0.25, 0.3) is 0 Å². The molecule has 0 radical (unpaired) electrons. The molecule has 1 aliphatic rings. The van der Waals surface area contributed by atoms with E-state index in [0.717, 1.165) is 18.4 Å². The Bertz CT molecular complexity index is 786. The zero-order valence-electron chi connectivity index (χ0n) is 13.8. The molecule has 4 N–H and O–H groups in total. The van der Waals surface area contributed by atoms with Gasteiger partial charge in [0.05, 0.1) is 12.8 Å². The van der Waals surface area contributed by atoms with E-state index >= 15 is 0 Å². The minimum atomic E-state index is -0.280. The fourth-order valence-electron chi connectivity index (χ4n) is 2.20. The number of thiazole rings is 1. The summed E-state index contributed by atoms with van der Waals surface area (Å²) < 4.78 is 0. The highest BCUT2D eigenvalue weighted by atomic mass is 32.1. The number of carbonyl (C=O) groups is 2. The monoisotopic (exact) mass is 360 g/mol. The highest BCUT2D eigenvalue weighted by molar-refractivity contribution is 7.17. The summed E-state index contributed by atoms with van der Waals surface area (Å²) in [5, 5.41) is 18.1. The Morgan fingerprint density at radius 1 is 1.32 bits per heavy atom. The quantitative estimate of drug-likeness (QED) is 0.605. The van der Waals surface area contributed by atoms with Gasteiger partial charge in [-0.05, 0) is 37.5 Å². The van der Waals surface area contributed by atoms with Gasteiger partial charge in [0.25, 0.3) is 11.8 Å². The summed E-state index contributed by atoms with van der Waals surface area (Å²) in [6, 6.07) is 5.55. The summed E-state index contributed by atoms with van der Waals surface area (Å²) in [6.45, 7) is 2.25. The number of hydrogen-bond donors (Lipinski definition) is 4. The van der Waals surface area contributed by atoms with Gasteiger partial charge in [-0.1, -0.05) is 17.4 Å². The van der Waals surface area contributed by atoms with E-state index in [4.69, 9.17) is 5.11 Å². The molecule has 0 saturated heterocycles. The molecule has 0 atom stereocenters. The molecule has 1 aliphatic carbocycles. The third kappa shape index (κ3) is 4.55. The highest BCUT2D eigenvalue weighted by Crippen LogP contribution is 2.23. The summed E-state index contributed by atoms with van der Waals surface area (Å²) in [5.41, 5.74) is 2.01. The van der Waals surface area contributed by atoms with Crippen molar-refractivity contribution in [3.8, 4) is 0 Å². The highest BCUT2D eigenvalue weighted by Gasteiger charge is 2.24. The van der Waals surface area contributed by atoms with Gasteiger partial charge < -0.3 is 21.1 Å². The largest absolute Gasteiger partial charge is 0.395 e. The first kappa shape index (κ1) is 17.4. The number of hydrogen-bond acceptors (Lipinski definition) is 6. The predicted molar refractivity (Wildman–Crippen MR) is 97.3 cm³/mol. The van der Waals surface area contributed by atoms with Gasteiger partial charge in [-0.2, -0.15) is 0 Å². The number of nitrogens with one attached hydrogen (secondary N) is 3. The van der Waals surface area contributed by atoms with Crippen LogP contribution in [0.3, 0.4) is 0 Å². The van der Waals surface area contributed by atoms with Gasteiger partial charge in [0.2, 0.25) is 0 Å². The zero-order chi connectivity index (χ0) is 17.8. The Morgan fingerprint density at radius 3 is 2.84 bits per heavy atom. The third-order valence-corrected chi connectivity index (χ3v) is 4.73. The molecule has 132 valence electrons. The summed E-state index contributed by atoms with van der Waals surface area (Å²) in [7, 11) is 0. The Hall–Kier alpha value is -2.45. The van der Waals surface area contributed by atoms with Gasteiger partial charge in [-0.3, -0.25) is 9.59 Å². The summed E-state index contributed by atoms with van der Waals surface area (Å²) >= 11 is 1.21. The van der Waals surface area contributed by atoms with E-state index in [-0.39, 0.29) is 24.5 Å². The van der Waals surface area contributed by atoms with E-state index in [2.05, 4.69) is 20.9 Å². The molecule has 7 nitrogen and oxygen atoms in total. The summed E-state index contributed by atoms with van der Waals surface area (Å²) in [6.07, 6.45) is 3.54. The maximum absolute atomic E-state index is 12.4. The normalized spacial score (nSPS) is 13.4. The molecular formula is C17H20N4O3S. The molecule has 1 saturated carbocycles. The van der Waals surface area contributed by atoms with Gasteiger partial charge in [0.1, 0.15) is 4.88 Å². The Labute approximate surface area is 149 Å². The van der Waals surface area contributed by atoms with E-state index < -0.39 is 0 Å². The molecule has 1 aromatic carbocycles. The van der Waals surface area contributed by atoms with Crippen molar-refractivity contribution < 1.29 is 14.7 Å². The van der Waals surface area contributed by atoms with Crippen molar-refractivity contribution in [1.82, 2.24) is 10.3 Å². The predicted octanol–water partition coefficient (Wildman–Crippen LogP) is 2.00. The molecule has 0 aliphatic heterocycles. The van der Waals surface area contributed by atoms with Crippen molar-refractivity contribution in [2.75, 3.05) is 23.8 Å². The first-order valence-electron chi connectivity index (χ1n) is 8.10. The standard InChI is InChI=1S/C17H20N4O3S/c1-10-2-3-11(15(23)20-12-4-5-12)8-13(10)21-16(24)14-9-19-17(25-14)18-6-7-22/h2-3,8-9,12,22H,4-7H2,1H3,(H,18,19)(H,20,23)(H,21,24). The SMILES string of the molecule is Cc1ccc(C(=O)NC2CC2)cc1NC(=O)c1cnc(NCCO)s1. The lowest BCUT2D eigenvalue weighted by Gasteiger charge is -2.10. The summed E-state index contributed by atoms with van der Waals surface area (Å²) in [5.74, 6) is -0.399. The fourth-order valence-corrected chi connectivity index (χ4v) is 2.94. The Balaban J connectivity index is 1.69. The number of benzene rings is 1. The number of aliphatic hydroxyl groups excluding tert-OH is 1. The fraction of sp³-hybridized carbons (Fsp3) is 0.353. The van der Waals surface area contributed by atoms with Crippen LogP contribution >= 0.6 is 11.3 Å². The number of anilines is 2. The van der Waals surface area contributed by atoms with Crippen LogP contribution in [-0.2, 0) is 0 Å². The number of nitrogens with zero attached hydrogens (tertiary/aromatic N) is 1. The van der Waals surface area contributed by atoms with Crippen molar-refractivity contribution in [2.45, 2.75) is 25.8 Å². The van der Waals surface area contributed by atoms with E-state index in [1.54, 1.807) is 12.1 Å². The second-order valence-electron chi connectivity index (χ2n) is 5.91. The zero-order valence-corrected chi connectivity index (χ0v) is 14.7. The topological polar surface area (TPSA) is 103 Å². The van der Waals surface area contributed by atoms with E-state index in [1.165, 1.54) is 17.5 Å². The Kier molecular flexibility index (Phi) is 5.30. The molecule has 2 amide bonds. The minimum Gasteiger partial charge on any atom is -0.395 e. The molecule has 1 heterocycles. The van der Waals surface area contributed by atoms with E-state index in [1.807, 2.05) is 13.0 Å². The molecule has 1 fully saturated rings. The molecule has 1 aromatic heterocycles. The maximum atomic E-state index is 12.4. The first-order valence-corrected chi connectivity index (χ1v) is 8.92. The lowest BCUT2D eigenvalue weighted by Crippen LogP contribution is -2.25. The second-order valence-corrected chi connectivity index (χ2v) is 6.94. The van der Waals surface area contributed by atoms with Crippen molar-refractivity contribution in [1.29, 1.82) is 0 Å². The lowest BCUT2D eigenvalue weighted by molar-refractivity contribution is 0.0949. The number of aliphatic hydroxyl groups is 1. The van der Waals surface area contributed by atoms with Crippen molar-refractivity contribution >= 4 is 34.0 Å². The maximum Gasteiger partial charge on any atom is 0.267 e. The van der Waals surface area contributed by atoms with Crippen LogP contribution in [0.1, 0.15) is 38.4 Å². The smallest absolute Gasteiger partial charge is 0.267 e. The average molecular weight is 360 g/mol. The van der Waals surface area contributed by atoms with E-state index in [0.29, 0.717) is 27.8 Å². The minimum absolute atomic E-state index is 0.00395. The van der Waals surface area contributed by atoms with Crippen LogP contribution in [0.2, 0.25) is 0 Å². The van der Waals surface area contributed by atoms with Crippen LogP contribution in [0.5, 0.6) is 0 Å². The van der Waals surface area contributed by atoms with Crippen molar-refractivity contribution in [3.05, 3.63) is 40.4 Å². The van der Waals surface area contributed by atoms with Gasteiger partial charge in [0.15, 0.2) is 5.13 Å². The van der Waals surface area contributed by atoms with Crippen molar-refractivity contribution in [3.63, 3.8) is 0 Å². The van der Waals surface area contributed by atoms with Crippen LogP contribution in [0, 0.1) is 6.92 Å². The van der Waals surface area contributed by atoms with Crippen LogP contribution in [0.4, 0.5) is 10.8 Å². The number of aryl methyl sites for hydroxylation is 1. The van der Waals surface area contributed by atoms with Gasteiger partial charge in [0, 0.05) is 23.8 Å². The molecule has 2 aromatic rings. The number of amides is 2. The molecule has 8 heteroatoms.